The average molecular weight is 356 g/mol. The lowest BCUT2D eigenvalue weighted by atomic mass is 10.1. The Kier molecular flexibility index (Phi) is 5.36. The molecule has 0 fully saturated rings. The van der Waals surface area contributed by atoms with Gasteiger partial charge in [0, 0.05) is 11.8 Å². The molecular weight excluding hydrogens is 336 g/mol. The molecule has 0 saturated carbocycles. The number of ether oxygens (including phenoxy) is 1. The molecule has 0 bridgehead atoms. The van der Waals surface area contributed by atoms with Crippen molar-refractivity contribution in [2.75, 3.05) is 12.9 Å². The maximum atomic E-state index is 11.6. The van der Waals surface area contributed by atoms with E-state index in [1.165, 1.54) is 0 Å². The van der Waals surface area contributed by atoms with Crippen molar-refractivity contribution in [2.24, 2.45) is 0 Å². The van der Waals surface area contributed by atoms with Crippen LogP contribution in [0, 0.1) is 0 Å². The first-order valence-electron chi connectivity index (χ1n) is 8.07. The van der Waals surface area contributed by atoms with Gasteiger partial charge in [-0.1, -0.05) is 66.7 Å². The highest BCUT2D eigenvalue weighted by molar-refractivity contribution is 7.86. The molecule has 0 spiro atoms. The van der Waals surface area contributed by atoms with Crippen LogP contribution in [-0.2, 0) is 14.3 Å². The lowest BCUT2D eigenvalue weighted by Crippen LogP contribution is -2.13. The molecule has 0 heterocycles. The quantitative estimate of drug-likeness (QED) is 0.592. The van der Waals surface area contributed by atoms with Gasteiger partial charge in [0.25, 0.3) is 10.1 Å². The van der Waals surface area contributed by atoms with Gasteiger partial charge < -0.3 is 4.74 Å². The van der Waals surface area contributed by atoms with Gasteiger partial charge in [0.2, 0.25) is 0 Å². The van der Waals surface area contributed by atoms with E-state index < -0.39 is 16.2 Å². The second kappa shape index (κ2) is 7.68. The Morgan fingerprint density at radius 1 is 0.880 bits per heavy atom. The normalized spacial score (nSPS) is 12.8. The summed E-state index contributed by atoms with van der Waals surface area (Å²) in [7, 11) is -3.56. The van der Waals surface area contributed by atoms with Gasteiger partial charge in [0.1, 0.15) is 11.9 Å². The molecule has 0 aliphatic carbocycles. The minimum absolute atomic E-state index is 0.350. The molecule has 0 unspecified atom stereocenters. The van der Waals surface area contributed by atoms with E-state index in [0.717, 1.165) is 28.3 Å². The molecule has 5 heteroatoms. The van der Waals surface area contributed by atoms with E-state index in [2.05, 4.69) is 0 Å². The third-order valence-corrected chi connectivity index (χ3v) is 4.43. The first-order valence-corrected chi connectivity index (χ1v) is 9.88. The van der Waals surface area contributed by atoms with Crippen molar-refractivity contribution in [3.8, 4) is 5.75 Å². The summed E-state index contributed by atoms with van der Waals surface area (Å²) in [4.78, 5) is 0. The van der Waals surface area contributed by atoms with Gasteiger partial charge in [-0.2, -0.15) is 8.42 Å². The topological polar surface area (TPSA) is 52.6 Å². The van der Waals surface area contributed by atoms with Crippen molar-refractivity contribution < 1.29 is 17.3 Å². The van der Waals surface area contributed by atoms with Gasteiger partial charge in [0.05, 0.1) is 12.9 Å². The molecular formula is C20H20O4S. The lowest BCUT2D eigenvalue weighted by Gasteiger charge is -2.17. The highest BCUT2D eigenvalue weighted by Gasteiger charge is 2.18. The van der Waals surface area contributed by atoms with Crippen LogP contribution < -0.4 is 4.74 Å². The highest BCUT2D eigenvalue weighted by atomic mass is 32.2. The van der Waals surface area contributed by atoms with Crippen LogP contribution in [0.4, 0.5) is 0 Å². The highest BCUT2D eigenvalue weighted by Crippen LogP contribution is 2.27. The molecule has 3 aromatic carbocycles. The van der Waals surface area contributed by atoms with E-state index in [-0.39, 0.29) is 0 Å². The van der Waals surface area contributed by atoms with Crippen molar-refractivity contribution in [1.29, 1.82) is 0 Å². The largest absolute Gasteiger partial charge is 0.493 e. The van der Waals surface area contributed by atoms with Crippen LogP contribution in [0.1, 0.15) is 18.1 Å². The van der Waals surface area contributed by atoms with Gasteiger partial charge >= 0.3 is 0 Å². The van der Waals surface area contributed by atoms with Crippen molar-refractivity contribution in [1.82, 2.24) is 0 Å². The van der Waals surface area contributed by atoms with Crippen molar-refractivity contribution >= 4 is 20.9 Å². The maximum absolute atomic E-state index is 11.6. The van der Waals surface area contributed by atoms with E-state index in [0.29, 0.717) is 13.0 Å². The summed E-state index contributed by atoms with van der Waals surface area (Å²) >= 11 is 0. The second-order valence-electron chi connectivity index (χ2n) is 5.81. The first-order chi connectivity index (χ1) is 12.0. The fourth-order valence-corrected chi connectivity index (χ4v) is 3.38. The molecule has 0 aliphatic rings. The Labute approximate surface area is 148 Å². The smallest absolute Gasteiger partial charge is 0.264 e. The molecule has 0 aromatic heterocycles. The number of hydrogen-bond acceptors (Lipinski definition) is 4. The fraction of sp³-hybridized carbons (Fsp3) is 0.200. The summed E-state index contributed by atoms with van der Waals surface area (Å²) in [6.07, 6.45) is 0.931. The molecule has 0 amide bonds. The van der Waals surface area contributed by atoms with Crippen LogP contribution in [0.15, 0.2) is 72.8 Å². The lowest BCUT2D eigenvalue weighted by molar-refractivity contribution is 0.172. The second-order valence-corrected chi connectivity index (χ2v) is 7.41. The van der Waals surface area contributed by atoms with Crippen LogP contribution in [0.3, 0.4) is 0 Å². The molecule has 3 aromatic rings. The van der Waals surface area contributed by atoms with E-state index in [9.17, 15) is 8.42 Å². The van der Waals surface area contributed by atoms with Gasteiger partial charge in [0.15, 0.2) is 0 Å². The van der Waals surface area contributed by atoms with Crippen molar-refractivity contribution in [2.45, 2.75) is 12.5 Å². The Morgan fingerprint density at radius 2 is 1.56 bits per heavy atom. The summed E-state index contributed by atoms with van der Waals surface area (Å²) in [5.41, 5.74) is 0.814. The monoisotopic (exact) mass is 356 g/mol. The van der Waals surface area contributed by atoms with Gasteiger partial charge in [-0.3, -0.25) is 4.18 Å². The molecule has 25 heavy (non-hydrogen) atoms. The molecule has 0 radical (unpaired) electrons. The third-order valence-electron chi connectivity index (χ3n) is 3.85. The molecule has 130 valence electrons. The van der Waals surface area contributed by atoms with Crippen molar-refractivity contribution in [3.63, 3.8) is 0 Å². The number of fused-ring (bicyclic) bond motifs is 1. The van der Waals surface area contributed by atoms with Crippen LogP contribution in [0.25, 0.3) is 10.8 Å². The average Bonchev–Trinajstić information content (AvgIpc) is 2.61. The Balaban J connectivity index is 1.73. The summed E-state index contributed by atoms with van der Waals surface area (Å²) in [5, 5.41) is 2.14. The SMILES string of the molecule is CS(=O)(=O)O[C@@H](CCOc1cccc2ccccc12)c1ccccc1. The van der Waals surface area contributed by atoms with Crippen LogP contribution in [0.5, 0.6) is 5.75 Å². The predicted molar refractivity (Wildman–Crippen MR) is 99.2 cm³/mol. The number of rotatable bonds is 7. The summed E-state index contributed by atoms with van der Waals surface area (Å²) in [6, 6.07) is 23.2. The van der Waals surface area contributed by atoms with Gasteiger partial charge in [-0.15, -0.1) is 0 Å². The molecule has 0 saturated heterocycles. The Morgan fingerprint density at radius 3 is 2.32 bits per heavy atom. The van der Waals surface area contributed by atoms with E-state index in [4.69, 9.17) is 8.92 Å². The first kappa shape index (κ1) is 17.5. The molecule has 1 atom stereocenters. The molecule has 3 rings (SSSR count). The van der Waals surface area contributed by atoms with Crippen LogP contribution in [-0.4, -0.2) is 21.3 Å². The molecule has 0 aliphatic heterocycles. The Hall–Kier alpha value is -2.37. The van der Waals surface area contributed by atoms with Crippen LogP contribution in [0.2, 0.25) is 0 Å². The zero-order valence-electron chi connectivity index (χ0n) is 14.0. The summed E-state index contributed by atoms with van der Waals surface area (Å²) in [5.74, 6) is 0.782. The maximum Gasteiger partial charge on any atom is 0.264 e. The zero-order chi connectivity index (χ0) is 17.7. The minimum Gasteiger partial charge on any atom is -0.493 e. The third kappa shape index (κ3) is 4.81. The summed E-state index contributed by atoms with van der Waals surface area (Å²) in [6.45, 7) is 0.350. The number of benzene rings is 3. The van der Waals surface area contributed by atoms with Crippen LogP contribution >= 0.6 is 0 Å². The summed E-state index contributed by atoms with van der Waals surface area (Å²) < 4.78 is 34.3. The zero-order valence-corrected chi connectivity index (χ0v) is 14.8. The van der Waals surface area contributed by atoms with Crippen molar-refractivity contribution in [3.05, 3.63) is 78.4 Å². The standard InChI is InChI=1S/C20H20O4S/c1-25(21,22)24-19(17-9-3-2-4-10-17)14-15-23-20-13-7-11-16-8-5-6-12-18(16)20/h2-13,19H,14-15H2,1H3/t19-/m0/s1. The minimum atomic E-state index is -3.56. The Bertz CT molecular complexity index is 931. The molecule has 4 nitrogen and oxygen atoms in total. The number of hydrogen-bond donors (Lipinski definition) is 0. The fourth-order valence-electron chi connectivity index (χ4n) is 2.75. The van der Waals surface area contributed by atoms with E-state index in [1.54, 1.807) is 0 Å². The van der Waals surface area contributed by atoms with Gasteiger partial charge in [-0.25, -0.2) is 0 Å². The van der Waals surface area contributed by atoms with E-state index >= 15 is 0 Å². The predicted octanol–water partition coefficient (Wildman–Crippen LogP) is 4.33. The van der Waals surface area contributed by atoms with Gasteiger partial charge in [-0.05, 0) is 17.0 Å². The molecule has 0 N–H and O–H groups in total. The van der Waals surface area contributed by atoms with E-state index in [1.807, 2.05) is 72.8 Å².